The molecule has 1 N–H and O–H groups in total. The van der Waals surface area contributed by atoms with Crippen molar-refractivity contribution in [1.29, 1.82) is 0 Å². The molecule has 14 heteroatoms. The second-order valence-corrected chi connectivity index (χ2v) is 8.10. The van der Waals surface area contributed by atoms with Crippen molar-refractivity contribution in [1.82, 2.24) is 15.2 Å². The van der Waals surface area contributed by atoms with Gasteiger partial charge in [-0.05, 0) is 6.42 Å². The molecule has 0 saturated carbocycles. The van der Waals surface area contributed by atoms with Gasteiger partial charge in [-0.15, -0.1) is 11.3 Å². The molecule has 1 fully saturated rings. The van der Waals surface area contributed by atoms with E-state index in [1.165, 1.54) is 17.3 Å². The quantitative estimate of drug-likeness (QED) is 0.464. The Hall–Kier alpha value is -2.77. The first-order valence-electron chi connectivity index (χ1n) is 9.75. The van der Waals surface area contributed by atoms with Gasteiger partial charge in [-0.2, -0.15) is 26.3 Å². The van der Waals surface area contributed by atoms with Gasteiger partial charge < -0.3 is 19.7 Å². The van der Waals surface area contributed by atoms with Crippen LogP contribution in [-0.4, -0.2) is 60.9 Å². The molecule has 0 spiro atoms. The summed E-state index contributed by atoms with van der Waals surface area (Å²) < 4.78 is 87.3. The predicted molar refractivity (Wildman–Crippen MR) is 105 cm³/mol. The van der Waals surface area contributed by atoms with Crippen LogP contribution in [0.15, 0.2) is 11.4 Å². The highest BCUT2D eigenvalue weighted by atomic mass is 32.1. The fourth-order valence-electron chi connectivity index (χ4n) is 3.24. The first-order valence-corrected chi connectivity index (χ1v) is 10.6. The summed E-state index contributed by atoms with van der Waals surface area (Å²) in [5, 5.41) is 3.62. The van der Waals surface area contributed by atoms with E-state index in [0.29, 0.717) is 0 Å². The third-order valence-corrected chi connectivity index (χ3v) is 5.80. The van der Waals surface area contributed by atoms with E-state index in [2.05, 4.69) is 10.3 Å². The number of nitrogens with zero attached hydrogens (tertiary/aromatic N) is 2. The van der Waals surface area contributed by atoms with Gasteiger partial charge in [0.1, 0.15) is 6.10 Å². The van der Waals surface area contributed by atoms with Gasteiger partial charge in [0.25, 0.3) is 5.91 Å². The van der Waals surface area contributed by atoms with E-state index in [-0.39, 0.29) is 47.6 Å². The van der Waals surface area contributed by atoms with Gasteiger partial charge in [0, 0.05) is 37.9 Å². The van der Waals surface area contributed by atoms with Crippen LogP contribution in [0.1, 0.15) is 35.2 Å². The molecule has 182 valence electrons. The normalized spacial score (nSPS) is 16.8. The first kappa shape index (κ1) is 24.9. The third kappa shape index (κ3) is 6.18. The number of pyridine rings is 1. The number of halogens is 6. The van der Waals surface area contributed by atoms with E-state index < -0.39 is 49.0 Å². The summed E-state index contributed by atoms with van der Waals surface area (Å²) in [5.41, 5.74) is -1.17. The van der Waals surface area contributed by atoms with Crippen molar-refractivity contribution in [2.75, 3.05) is 26.7 Å². The van der Waals surface area contributed by atoms with Crippen molar-refractivity contribution in [3.8, 4) is 5.88 Å². The second-order valence-electron chi connectivity index (χ2n) is 7.22. The summed E-state index contributed by atoms with van der Waals surface area (Å²) in [7, 11) is 1.34. The SMILES string of the molecule is CNC(=O)c1csc2c(C(F)(F)F)cc(O[C@H]3CCN(C(=O)OCCCC(F)(F)F)C3)nc12. The summed E-state index contributed by atoms with van der Waals surface area (Å²) in [6, 6.07) is 0.741. The highest BCUT2D eigenvalue weighted by Gasteiger charge is 2.36. The molecule has 3 heterocycles. The molecule has 0 aromatic carbocycles. The number of ether oxygens (including phenoxy) is 2. The lowest BCUT2D eigenvalue weighted by molar-refractivity contribution is -0.137. The van der Waals surface area contributed by atoms with Gasteiger partial charge in [0.05, 0.1) is 34.5 Å². The standard InChI is InChI=1S/C19H19F6N3O4S/c1-26-16(29)11-9-33-15-12(19(23,24)25)7-13(27-14(11)15)32-10-3-5-28(8-10)17(30)31-6-2-4-18(20,21)22/h7,9-10H,2-6,8H2,1H3,(H,26,29)/t10-/m0/s1. The molecule has 3 rings (SSSR count). The molecule has 1 aliphatic heterocycles. The molecular weight excluding hydrogens is 480 g/mol. The number of nitrogens with one attached hydrogen (secondary N) is 1. The van der Waals surface area contributed by atoms with Crippen molar-refractivity contribution >= 4 is 33.6 Å². The van der Waals surface area contributed by atoms with Gasteiger partial charge in [0.15, 0.2) is 0 Å². The highest BCUT2D eigenvalue weighted by molar-refractivity contribution is 7.17. The van der Waals surface area contributed by atoms with Crippen LogP contribution in [0, 0.1) is 0 Å². The average molecular weight is 499 g/mol. The summed E-state index contributed by atoms with van der Waals surface area (Å²) in [4.78, 5) is 29.3. The van der Waals surface area contributed by atoms with E-state index in [1.807, 2.05) is 0 Å². The van der Waals surface area contributed by atoms with Crippen LogP contribution in [0.3, 0.4) is 0 Å². The topological polar surface area (TPSA) is 80.8 Å². The summed E-state index contributed by atoms with van der Waals surface area (Å²) in [5.74, 6) is -0.955. The molecule has 1 saturated heterocycles. The fraction of sp³-hybridized carbons (Fsp3) is 0.526. The van der Waals surface area contributed by atoms with Crippen LogP contribution in [0.5, 0.6) is 5.88 Å². The Morgan fingerprint density at radius 2 is 2.00 bits per heavy atom. The average Bonchev–Trinajstić information content (AvgIpc) is 3.35. The zero-order valence-electron chi connectivity index (χ0n) is 17.2. The minimum Gasteiger partial charge on any atom is -0.472 e. The molecule has 2 aromatic heterocycles. The van der Waals surface area contributed by atoms with Gasteiger partial charge in [0.2, 0.25) is 5.88 Å². The van der Waals surface area contributed by atoms with Crippen LogP contribution < -0.4 is 10.1 Å². The monoisotopic (exact) mass is 499 g/mol. The van der Waals surface area contributed by atoms with Crippen LogP contribution in [0.2, 0.25) is 0 Å². The van der Waals surface area contributed by atoms with Gasteiger partial charge in [-0.25, -0.2) is 9.78 Å². The van der Waals surface area contributed by atoms with E-state index in [4.69, 9.17) is 9.47 Å². The van der Waals surface area contributed by atoms with Crippen molar-refractivity contribution in [3.63, 3.8) is 0 Å². The van der Waals surface area contributed by atoms with E-state index in [0.717, 1.165) is 17.4 Å². The third-order valence-electron chi connectivity index (χ3n) is 4.80. The highest BCUT2D eigenvalue weighted by Crippen LogP contribution is 2.40. The van der Waals surface area contributed by atoms with Gasteiger partial charge in [-0.3, -0.25) is 4.79 Å². The van der Waals surface area contributed by atoms with Crippen LogP contribution in [-0.2, 0) is 10.9 Å². The number of hydrogen-bond donors (Lipinski definition) is 1. The Balaban J connectivity index is 1.69. The molecule has 0 bridgehead atoms. The van der Waals surface area contributed by atoms with Crippen molar-refractivity contribution in [2.24, 2.45) is 0 Å². The Kier molecular flexibility index (Phi) is 7.24. The maximum Gasteiger partial charge on any atom is 0.418 e. The number of amides is 2. The Morgan fingerprint density at radius 3 is 2.64 bits per heavy atom. The minimum absolute atomic E-state index is 0.0241. The predicted octanol–water partition coefficient (Wildman–Crippen LogP) is 4.61. The van der Waals surface area contributed by atoms with Gasteiger partial charge >= 0.3 is 18.4 Å². The van der Waals surface area contributed by atoms with E-state index in [9.17, 15) is 35.9 Å². The summed E-state index contributed by atoms with van der Waals surface area (Å²) in [6.07, 6.45) is -11.8. The molecule has 33 heavy (non-hydrogen) atoms. The van der Waals surface area contributed by atoms with Crippen molar-refractivity contribution in [2.45, 2.75) is 37.7 Å². The zero-order chi connectivity index (χ0) is 24.4. The number of likely N-dealkylation sites (tertiary alicyclic amines) is 1. The summed E-state index contributed by atoms with van der Waals surface area (Å²) in [6.45, 7) is -0.293. The molecule has 7 nitrogen and oxygen atoms in total. The number of rotatable bonds is 6. The molecule has 1 aliphatic rings. The molecule has 0 aliphatic carbocycles. The number of carbonyl (C=O) groups excluding carboxylic acids is 2. The lowest BCUT2D eigenvalue weighted by Crippen LogP contribution is -2.32. The number of thiophene rings is 1. The first-order chi connectivity index (χ1) is 15.4. The maximum absolute atomic E-state index is 13.6. The number of aromatic nitrogens is 1. The number of hydrogen-bond acceptors (Lipinski definition) is 6. The lowest BCUT2D eigenvalue weighted by atomic mass is 10.2. The molecule has 0 radical (unpaired) electrons. The fourth-order valence-corrected chi connectivity index (χ4v) is 4.26. The summed E-state index contributed by atoms with van der Waals surface area (Å²) >= 11 is 0.739. The minimum atomic E-state index is -4.72. The molecule has 1 atom stereocenters. The second kappa shape index (κ2) is 9.61. The lowest BCUT2D eigenvalue weighted by Gasteiger charge is -2.18. The Bertz CT molecular complexity index is 1020. The van der Waals surface area contributed by atoms with E-state index in [1.54, 1.807) is 0 Å². The maximum atomic E-state index is 13.6. The van der Waals surface area contributed by atoms with Crippen LogP contribution in [0.25, 0.3) is 10.2 Å². The Morgan fingerprint density at radius 1 is 1.27 bits per heavy atom. The van der Waals surface area contributed by atoms with Gasteiger partial charge in [-0.1, -0.05) is 0 Å². The molecular formula is C19H19F6N3O4S. The smallest absolute Gasteiger partial charge is 0.418 e. The van der Waals surface area contributed by atoms with Crippen molar-refractivity contribution in [3.05, 3.63) is 22.6 Å². The zero-order valence-corrected chi connectivity index (χ0v) is 18.0. The molecule has 2 amide bonds. The van der Waals surface area contributed by atoms with E-state index >= 15 is 0 Å². The van der Waals surface area contributed by atoms with Crippen molar-refractivity contribution < 1.29 is 45.4 Å². The molecule has 2 aromatic rings. The Labute approximate surface area is 187 Å². The van der Waals surface area contributed by atoms with Crippen LogP contribution in [0.4, 0.5) is 31.1 Å². The largest absolute Gasteiger partial charge is 0.472 e. The number of alkyl halides is 6. The van der Waals surface area contributed by atoms with Crippen LogP contribution >= 0.6 is 11.3 Å². The molecule has 0 unspecified atom stereocenters. The number of fused-ring (bicyclic) bond motifs is 1. The number of carbonyl (C=O) groups is 2.